The van der Waals surface area contributed by atoms with E-state index in [-0.39, 0.29) is 5.69 Å². The third kappa shape index (κ3) is 4.09. The van der Waals surface area contributed by atoms with Gasteiger partial charge in [-0.25, -0.2) is 4.98 Å². The molecule has 10 heteroatoms. The van der Waals surface area contributed by atoms with Crippen molar-refractivity contribution in [1.82, 2.24) is 4.98 Å². The third-order valence-corrected chi connectivity index (χ3v) is 3.03. The molecule has 1 amide bonds. The molecule has 1 N–H and O–H groups in total. The van der Waals surface area contributed by atoms with Gasteiger partial charge >= 0.3 is 12.4 Å². The summed E-state index contributed by atoms with van der Waals surface area (Å²) >= 11 is 3.00. The van der Waals surface area contributed by atoms with Gasteiger partial charge < -0.3 is 5.32 Å². The molecule has 0 aromatic carbocycles. The van der Waals surface area contributed by atoms with Crippen molar-refractivity contribution in [2.45, 2.75) is 19.3 Å². The minimum absolute atomic E-state index is 0.255. The molecule has 112 valence electrons. The molecule has 0 radical (unpaired) electrons. The zero-order valence-corrected chi connectivity index (χ0v) is 11.3. The van der Waals surface area contributed by atoms with E-state index in [2.05, 4.69) is 20.9 Å². The first-order chi connectivity index (χ1) is 8.93. The van der Waals surface area contributed by atoms with E-state index in [0.717, 1.165) is 6.20 Å². The van der Waals surface area contributed by atoms with Crippen LogP contribution in [0.4, 0.5) is 32.0 Å². The number of carbonyl (C=O) groups excluding carboxylic acids is 1. The fourth-order valence-electron chi connectivity index (χ4n) is 1.32. The molecule has 0 aliphatic carbocycles. The van der Waals surface area contributed by atoms with Crippen LogP contribution in [-0.4, -0.2) is 23.2 Å². The maximum atomic E-state index is 12.3. The fourth-order valence-corrected chi connectivity index (χ4v) is 1.54. The van der Waals surface area contributed by atoms with E-state index in [4.69, 9.17) is 0 Å². The van der Waals surface area contributed by atoms with Crippen LogP contribution in [0.1, 0.15) is 5.56 Å². The van der Waals surface area contributed by atoms with Crippen LogP contribution in [0, 0.1) is 12.8 Å². The summed E-state index contributed by atoms with van der Waals surface area (Å²) in [6.45, 7) is 1.51. The van der Waals surface area contributed by atoms with Crippen LogP contribution < -0.4 is 5.32 Å². The minimum Gasteiger partial charge on any atom is -0.324 e. The van der Waals surface area contributed by atoms with Crippen LogP contribution in [0.25, 0.3) is 0 Å². The second-order valence-corrected chi connectivity index (χ2v) is 4.59. The van der Waals surface area contributed by atoms with Crippen molar-refractivity contribution < 1.29 is 31.1 Å². The Hall–Kier alpha value is -1.32. The Morgan fingerprint density at radius 2 is 1.75 bits per heavy atom. The number of anilines is 1. The summed E-state index contributed by atoms with van der Waals surface area (Å²) in [5, 5.41) is 1.56. The molecular formula is C10H7BrF6N2O. The molecule has 1 heterocycles. The second-order valence-electron chi connectivity index (χ2n) is 3.84. The van der Waals surface area contributed by atoms with E-state index in [0.29, 0.717) is 10.2 Å². The van der Waals surface area contributed by atoms with Gasteiger partial charge in [-0.3, -0.25) is 4.79 Å². The first-order valence-electron chi connectivity index (χ1n) is 4.99. The molecule has 3 nitrogen and oxygen atoms in total. The number of pyridine rings is 1. The highest BCUT2D eigenvalue weighted by atomic mass is 79.9. The quantitative estimate of drug-likeness (QED) is 0.640. The van der Waals surface area contributed by atoms with Crippen molar-refractivity contribution in [2.24, 2.45) is 5.92 Å². The van der Waals surface area contributed by atoms with Crippen LogP contribution >= 0.6 is 15.9 Å². The summed E-state index contributed by atoms with van der Waals surface area (Å²) in [6.07, 6.45) is -10.5. The van der Waals surface area contributed by atoms with E-state index in [1.807, 2.05) is 0 Å². The third-order valence-electron chi connectivity index (χ3n) is 2.20. The number of aryl methyl sites for hydroxylation is 1. The van der Waals surface area contributed by atoms with Crippen molar-refractivity contribution in [3.63, 3.8) is 0 Å². The van der Waals surface area contributed by atoms with Gasteiger partial charge in [0.25, 0.3) is 0 Å². The molecule has 0 spiro atoms. The van der Waals surface area contributed by atoms with E-state index < -0.39 is 24.2 Å². The highest BCUT2D eigenvalue weighted by Gasteiger charge is 2.61. The minimum atomic E-state index is -5.72. The summed E-state index contributed by atoms with van der Waals surface area (Å²) in [5.74, 6) is -6.28. The molecule has 0 atom stereocenters. The molecule has 0 unspecified atom stereocenters. The van der Waals surface area contributed by atoms with Gasteiger partial charge in [-0.05, 0) is 34.5 Å². The average Bonchev–Trinajstić information content (AvgIpc) is 2.18. The standard InChI is InChI=1S/C10H7BrF6N2O/c1-4-2-5(3-18-7(4)11)19-8(20)6(9(12,13)14)10(15,16)17/h2-3,6H,1H3,(H,19,20). The molecule has 1 aromatic heterocycles. The van der Waals surface area contributed by atoms with Gasteiger partial charge in [-0.15, -0.1) is 0 Å². The highest BCUT2D eigenvalue weighted by Crippen LogP contribution is 2.39. The lowest BCUT2D eigenvalue weighted by Gasteiger charge is -2.22. The number of alkyl halides is 6. The van der Waals surface area contributed by atoms with E-state index in [9.17, 15) is 31.1 Å². The maximum absolute atomic E-state index is 12.3. The number of halogens is 7. The normalized spacial score (nSPS) is 12.7. The van der Waals surface area contributed by atoms with Crippen LogP contribution in [-0.2, 0) is 4.79 Å². The van der Waals surface area contributed by atoms with Crippen molar-refractivity contribution >= 4 is 27.5 Å². The monoisotopic (exact) mass is 364 g/mol. The maximum Gasteiger partial charge on any atom is 0.409 e. The number of rotatable bonds is 2. The molecule has 0 bridgehead atoms. The first kappa shape index (κ1) is 16.7. The van der Waals surface area contributed by atoms with Gasteiger partial charge in [0.05, 0.1) is 11.9 Å². The molecule has 20 heavy (non-hydrogen) atoms. The molecule has 0 fully saturated rings. The smallest absolute Gasteiger partial charge is 0.324 e. The lowest BCUT2D eigenvalue weighted by atomic mass is 10.1. The van der Waals surface area contributed by atoms with E-state index in [1.54, 1.807) is 5.32 Å². The van der Waals surface area contributed by atoms with Crippen LogP contribution in [0.15, 0.2) is 16.9 Å². The number of hydrogen-bond donors (Lipinski definition) is 1. The Bertz CT molecular complexity index is 499. The van der Waals surface area contributed by atoms with Gasteiger partial charge in [0.1, 0.15) is 4.60 Å². The SMILES string of the molecule is Cc1cc(NC(=O)C(C(F)(F)F)C(F)(F)F)cnc1Br. The fraction of sp³-hybridized carbons (Fsp3) is 0.400. The van der Waals surface area contributed by atoms with Crippen molar-refractivity contribution in [3.05, 3.63) is 22.4 Å². The Balaban J connectivity index is 3.00. The van der Waals surface area contributed by atoms with Gasteiger partial charge in [-0.1, -0.05) is 0 Å². The molecule has 0 aliphatic rings. The summed E-state index contributed by atoms with van der Waals surface area (Å²) in [7, 11) is 0. The molecular weight excluding hydrogens is 358 g/mol. The second kappa shape index (κ2) is 5.58. The summed E-state index contributed by atoms with van der Waals surface area (Å²) in [5.41, 5.74) is 0.188. The highest BCUT2D eigenvalue weighted by molar-refractivity contribution is 9.10. The lowest BCUT2D eigenvalue weighted by Crippen LogP contribution is -2.45. The van der Waals surface area contributed by atoms with E-state index in [1.165, 1.54) is 13.0 Å². The zero-order valence-electron chi connectivity index (χ0n) is 9.73. The number of amides is 1. The van der Waals surface area contributed by atoms with Crippen molar-refractivity contribution in [1.29, 1.82) is 0 Å². The van der Waals surface area contributed by atoms with Crippen LogP contribution in [0.3, 0.4) is 0 Å². The Morgan fingerprint density at radius 3 is 2.15 bits per heavy atom. The number of hydrogen-bond acceptors (Lipinski definition) is 2. The lowest BCUT2D eigenvalue weighted by molar-refractivity contribution is -0.272. The summed E-state index contributed by atoms with van der Waals surface area (Å²) < 4.78 is 74.2. The Morgan fingerprint density at radius 1 is 1.25 bits per heavy atom. The summed E-state index contributed by atoms with van der Waals surface area (Å²) in [6, 6.07) is 1.19. The predicted molar refractivity (Wildman–Crippen MR) is 60.9 cm³/mol. The summed E-state index contributed by atoms with van der Waals surface area (Å²) in [4.78, 5) is 14.9. The number of carbonyl (C=O) groups is 1. The van der Waals surface area contributed by atoms with Gasteiger partial charge in [0.2, 0.25) is 11.8 Å². The van der Waals surface area contributed by atoms with Crippen LogP contribution in [0.2, 0.25) is 0 Å². The number of nitrogens with zero attached hydrogens (tertiary/aromatic N) is 1. The van der Waals surface area contributed by atoms with Crippen LogP contribution in [0.5, 0.6) is 0 Å². The number of nitrogens with one attached hydrogen (secondary N) is 1. The Labute approximate surface area is 117 Å². The Kier molecular flexibility index (Phi) is 4.67. The van der Waals surface area contributed by atoms with Gasteiger partial charge in [-0.2, -0.15) is 26.3 Å². The number of aromatic nitrogens is 1. The zero-order chi connectivity index (χ0) is 15.7. The largest absolute Gasteiger partial charge is 0.409 e. The first-order valence-corrected chi connectivity index (χ1v) is 5.78. The van der Waals surface area contributed by atoms with E-state index >= 15 is 0 Å². The molecule has 1 rings (SSSR count). The topological polar surface area (TPSA) is 42.0 Å². The van der Waals surface area contributed by atoms with Crippen molar-refractivity contribution in [3.8, 4) is 0 Å². The predicted octanol–water partition coefficient (Wildman–Crippen LogP) is 3.83. The molecule has 1 aromatic rings. The average molecular weight is 365 g/mol. The van der Waals surface area contributed by atoms with Gasteiger partial charge in [0.15, 0.2) is 0 Å². The molecule has 0 saturated carbocycles. The van der Waals surface area contributed by atoms with Gasteiger partial charge in [0, 0.05) is 0 Å². The molecule has 0 aliphatic heterocycles. The molecule has 0 saturated heterocycles. The van der Waals surface area contributed by atoms with Crippen molar-refractivity contribution in [2.75, 3.05) is 5.32 Å².